The number of nitrogens with zero attached hydrogens (tertiary/aromatic N) is 1. The van der Waals surface area contributed by atoms with Gasteiger partial charge in [0.25, 0.3) is 5.69 Å². The maximum atomic E-state index is 13.6. The number of nitro groups is 1. The topological polar surface area (TPSA) is 60.2 Å². The van der Waals surface area contributed by atoms with Gasteiger partial charge < -0.3 is 0 Å². The van der Waals surface area contributed by atoms with Gasteiger partial charge in [0.1, 0.15) is 5.82 Å². The number of non-ortho nitro benzene ring substituents is 1. The quantitative estimate of drug-likeness (QED) is 0.473. The lowest BCUT2D eigenvalue weighted by molar-refractivity contribution is -0.384. The summed E-state index contributed by atoms with van der Waals surface area (Å²) in [6, 6.07) is 7.61. The van der Waals surface area contributed by atoms with E-state index < -0.39 is 16.5 Å². The molecule has 0 saturated carbocycles. The average molecular weight is 328 g/mol. The summed E-state index contributed by atoms with van der Waals surface area (Å²) in [6.45, 7) is 0. The van der Waals surface area contributed by atoms with Crippen LogP contribution in [-0.4, -0.2) is 10.7 Å². The van der Waals surface area contributed by atoms with E-state index in [0.29, 0.717) is 0 Å². The molecule has 0 bridgehead atoms. The number of hydrogen-bond donors (Lipinski definition) is 0. The Labute approximate surface area is 129 Å². The van der Waals surface area contributed by atoms with Crippen molar-refractivity contribution < 1.29 is 14.1 Å². The second-order valence-electron chi connectivity index (χ2n) is 4.26. The lowest BCUT2D eigenvalue weighted by atomic mass is 10.0. The van der Waals surface area contributed by atoms with E-state index in [4.69, 9.17) is 23.2 Å². The van der Waals surface area contributed by atoms with Crippen LogP contribution in [0.15, 0.2) is 36.4 Å². The summed E-state index contributed by atoms with van der Waals surface area (Å²) >= 11 is 11.6. The zero-order valence-electron chi connectivity index (χ0n) is 10.5. The van der Waals surface area contributed by atoms with E-state index >= 15 is 0 Å². The van der Waals surface area contributed by atoms with E-state index in [1.807, 2.05) is 0 Å². The normalized spacial score (nSPS) is 10.4. The summed E-state index contributed by atoms with van der Waals surface area (Å²) in [5, 5.41) is 10.9. The Hall–Kier alpha value is -1.98. The first kappa shape index (κ1) is 15.4. The predicted molar refractivity (Wildman–Crippen MR) is 77.6 cm³/mol. The summed E-state index contributed by atoms with van der Waals surface area (Å²) in [6.07, 6.45) is -0.303. The highest BCUT2D eigenvalue weighted by molar-refractivity contribution is 6.32. The molecule has 0 heterocycles. The van der Waals surface area contributed by atoms with Gasteiger partial charge >= 0.3 is 0 Å². The first-order valence-electron chi connectivity index (χ1n) is 5.79. The van der Waals surface area contributed by atoms with Crippen LogP contribution in [0.5, 0.6) is 0 Å². The standard InChI is InChI=1S/C14H8Cl2FNO3/c15-9-4-8(5-10(6-9)18(20)21)14(19)7-11-12(16)2-1-3-13(11)17/h1-6H,7H2. The predicted octanol–water partition coefficient (Wildman–Crippen LogP) is 4.47. The Bertz CT molecular complexity index is 714. The van der Waals surface area contributed by atoms with Crippen LogP contribution in [0.25, 0.3) is 0 Å². The third-order valence-electron chi connectivity index (χ3n) is 2.81. The van der Waals surface area contributed by atoms with Gasteiger partial charge in [0, 0.05) is 39.7 Å². The van der Waals surface area contributed by atoms with Gasteiger partial charge in [-0.3, -0.25) is 14.9 Å². The highest BCUT2D eigenvalue weighted by Crippen LogP contribution is 2.24. The van der Waals surface area contributed by atoms with E-state index in [0.717, 1.165) is 12.1 Å². The number of nitro benzene ring substituents is 1. The molecule has 4 nitrogen and oxygen atoms in total. The molecule has 0 amide bonds. The number of rotatable bonds is 4. The summed E-state index contributed by atoms with van der Waals surface area (Å²) in [5.41, 5.74) is -0.217. The summed E-state index contributed by atoms with van der Waals surface area (Å²) in [4.78, 5) is 22.2. The number of ketones is 1. The Morgan fingerprint density at radius 1 is 1.24 bits per heavy atom. The van der Waals surface area contributed by atoms with Crippen LogP contribution < -0.4 is 0 Å². The van der Waals surface area contributed by atoms with E-state index in [9.17, 15) is 19.3 Å². The van der Waals surface area contributed by atoms with Crippen LogP contribution in [0.1, 0.15) is 15.9 Å². The molecule has 0 spiro atoms. The minimum atomic E-state index is -0.654. The Morgan fingerprint density at radius 2 is 1.95 bits per heavy atom. The molecule has 7 heteroatoms. The lowest BCUT2D eigenvalue weighted by Crippen LogP contribution is -2.06. The largest absolute Gasteiger partial charge is 0.294 e. The molecule has 0 unspecified atom stereocenters. The smallest absolute Gasteiger partial charge is 0.271 e. The third-order valence-corrected chi connectivity index (χ3v) is 3.39. The molecule has 0 atom stereocenters. The van der Waals surface area contributed by atoms with Gasteiger partial charge in [0.2, 0.25) is 0 Å². The number of hydrogen-bond acceptors (Lipinski definition) is 3. The average Bonchev–Trinajstić information content (AvgIpc) is 2.42. The van der Waals surface area contributed by atoms with Crippen molar-refractivity contribution in [2.45, 2.75) is 6.42 Å². The van der Waals surface area contributed by atoms with Gasteiger partial charge in [-0.1, -0.05) is 29.3 Å². The summed E-state index contributed by atoms with van der Waals surface area (Å²) in [7, 11) is 0. The fourth-order valence-electron chi connectivity index (χ4n) is 1.80. The molecular weight excluding hydrogens is 320 g/mol. The first-order chi connectivity index (χ1) is 9.88. The summed E-state index contributed by atoms with van der Waals surface area (Å²) in [5.74, 6) is -1.11. The maximum Gasteiger partial charge on any atom is 0.271 e. The Balaban J connectivity index is 2.35. The molecule has 2 aromatic carbocycles. The van der Waals surface area contributed by atoms with Crippen molar-refractivity contribution >= 4 is 34.7 Å². The van der Waals surface area contributed by atoms with E-state index in [1.165, 1.54) is 24.3 Å². The molecular formula is C14H8Cl2FNO3. The maximum absolute atomic E-state index is 13.6. The Morgan fingerprint density at radius 3 is 2.57 bits per heavy atom. The second kappa shape index (κ2) is 6.20. The third kappa shape index (κ3) is 3.56. The van der Waals surface area contributed by atoms with Gasteiger partial charge in [0.15, 0.2) is 5.78 Å². The molecule has 0 aliphatic heterocycles. The van der Waals surface area contributed by atoms with Crippen molar-refractivity contribution in [3.63, 3.8) is 0 Å². The van der Waals surface area contributed by atoms with Crippen LogP contribution in [-0.2, 0) is 6.42 Å². The molecule has 0 aliphatic carbocycles. The fraction of sp³-hybridized carbons (Fsp3) is 0.0714. The lowest BCUT2D eigenvalue weighted by Gasteiger charge is -2.06. The Kier molecular flexibility index (Phi) is 4.55. The van der Waals surface area contributed by atoms with Crippen molar-refractivity contribution in [2.24, 2.45) is 0 Å². The summed E-state index contributed by atoms with van der Waals surface area (Å²) < 4.78 is 13.6. The highest BCUT2D eigenvalue weighted by Gasteiger charge is 2.17. The molecule has 2 aromatic rings. The number of carbonyl (C=O) groups excluding carboxylic acids is 1. The van der Waals surface area contributed by atoms with Crippen molar-refractivity contribution in [2.75, 3.05) is 0 Å². The van der Waals surface area contributed by atoms with Gasteiger partial charge in [-0.2, -0.15) is 0 Å². The van der Waals surface area contributed by atoms with E-state index in [-0.39, 0.29) is 33.3 Å². The monoisotopic (exact) mass is 327 g/mol. The van der Waals surface area contributed by atoms with Gasteiger partial charge in [0.05, 0.1) is 4.92 Å². The van der Waals surface area contributed by atoms with Crippen molar-refractivity contribution in [3.05, 3.63) is 73.5 Å². The van der Waals surface area contributed by atoms with E-state index in [2.05, 4.69) is 0 Å². The molecule has 0 fully saturated rings. The number of carbonyl (C=O) groups is 1. The highest BCUT2D eigenvalue weighted by atomic mass is 35.5. The van der Waals surface area contributed by atoms with Crippen LogP contribution in [0.3, 0.4) is 0 Å². The van der Waals surface area contributed by atoms with Gasteiger partial charge in [-0.25, -0.2) is 4.39 Å². The van der Waals surface area contributed by atoms with Crippen molar-refractivity contribution in [1.29, 1.82) is 0 Å². The van der Waals surface area contributed by atoms with Crippen molar-refractivity contribution in [1.82, 2.24) is 0 Å². The van der Waals surface area contributed by atoms with Crippen LogP contribution in [0.4, 0.5) is 10.1 Å². The fourth-order valence-corrected chi connectivity index (χ4v) is 2.26. The van der Waals surface area contributed by atoms with Crippen LogP contribution >= 0.6 is 23.2 Å². The first-order valence-corrected chi connectivity index (χ1v) is 6.55. The number of Topliss-reactive ketones (excluding diaryl/α,β-unsaturated/α-hetero) is 1. The zero-order chi connectivity index (χ0) is 15.6. The molecule has 0 aliphatic rings. The molecule has 21 heavy (non-hydrogen) atoms. The molecule has 2 rings (SSSR count). The van der Waals surface area contributed by atoms with E-state index in [1.54, 1.807) is 0 Å². The molecule has 0 saturated heterocycles. The van der Waals surface area contributed by atoms with Gasteiger partial charge in [-0.05, 0) is 18.2 Å². The van der Waals surface area contributed by atoms with Crippen molar-refractivity contribution in [3.8, 4) is 0 Å². The SMILES string of the molecule is O=C(Cc1c(F)cccc1Cl)c1cc(Cl)cc([N+](=O)[O-])c1. The number of benzene rings is 2. The van der Waals surface area contributed by atoms with Gasteiger partial charge in [-0.15, -0.1) is 0 Å². The molecule has 0 aromatic heterocycles. The minimum Gasteiger partial charge on any atom is -0.294 e. The molecule has 108 valence electrons. The van der Waals surface area contributed by atoms with Crippen LogP contribution in [0.2, 0.25) is 10.0 Å². The second-order valence-corrected chi connectivity index (χ2v) is 5.10. The number of halogens is 3. The minimum absolute atomic E-state index is 0.0357. The zero-order valence-corrected chi connectivity index (χ0v) is 12.0. The van der Waals surface area contributed by atoms with Crippen LogP contribution in [0, 0.1) is 15.9 Å². The molecule has 0 radical (unpaired) electrons. The molecule has 0 N–H and O–H groups in total.